The maximum Gasteiger partial charge on any atom is 0.0608 e. The fourth-order valence-corrected chi connectivity index (χ4v) is 2.02. The van der Waals surface area contributed by atoms with E-state index in [4.69, 9.17) is 5.73 Å². The maximum atomic E-state index is 10.1. The van der Waals surface area contributed by atoms with E-state index in [2.05, 4.69) is 20.8 Å². The van der Waals surface area contributed by atoms with Crippen molar-refractivity contribution in [3.05, 3.63) is 0 Å². The Bertz CT molecular complexity index is 123. The fraction of sp³-hybridized carbons (Fsp3) is 1.00. The van der Waals surface area contributed by atoms with Crippen molar-refractivity contribution in [3.8, 4) is 0 Å². The minimum Gasteiger partial charge on any atom is -0.393 e. The monoisotopic (exact) mass is 201 g/mol. The molecule has 0 bridgehead atoms. The Morgan fingerprint density at radius 3 is 2.00 bits per heavy atom. The zero-order chi connectivity index (χ0) is 11.0. The average molecular weight is 201 g/mol. The normalized spacial score (nSPS) is 17.8. The zero-order valence-corrected chi connectivity index (χ0v) is 10.00. The van der Waals surface area contributed by atoms with E-state index in [-0.39, 0.29) is 12.0 Å². The molecule has 0 aromatic carbocycles. The molecule has 0 fully saturated rings. The summed E-state index contributed by atoms with van der Waals surface area (Å²) in [6, 6.07) is 0. The highest BCUT2D eigenvalue weighted by molar-refractivity contribution is 4.75. The molecule has 0 saturated carbocycles. The van der Waals surface area contributed by atoms with Gasteiger partial charge < -0.3 is 10.8 Å². The van der Waals surface area contributed by atoms with Crippen LogP contribution in [0.15, 0.2) is 0 Å². The predicted molar refractivity (Wildman–Crippen MR) is 62.1 cm³/mol. The van der Waals surface area contributed by atoms with Gasteiger partial charge in [0.05, 0.1) is 6.10 Å². The molecule has 3 N–H and O–H groups in total. The maximum absolute atomic E-state index is 10.1. The Morgan fingerprint density at radius 2 is 1.64 bits per heavy atom. The molecule has 0 rings (SSSR count). The quantitative estimate of drug-likeness (QED) is 0.634. The van der Waals surface area contributed by atoms with E-state index in [0.717, 1.165) is 19.3 Å². The SMILES string of the molecule is CCCCC(CC)C(O)C(CC)CN. The lowest BCUT2D eigenvalue weighted by molar-refractivity contribution is 0.0449. The first kappa shape index (κ1) is 13.9. The van der Waals surface area contributed by atoms with Crippen LogP contribution in [0.3, 0.4) is 0 Å². The summed E-state index contributed by atoms with van der Waals surface area (Å²) in [6.07, 6.45) is 5.43. The first-order valence-electron chi connectivity index (χ1n) is 6.09. The summed E-state index contributed by atoms with van der Waals surface area (Å²) in [5.74, 6) is 0.736. The van der Waals surface area contributed by atoms with Crippen LogP contribution in [0.5, 0.6) is 0 Å². The van der Waals surface area contributed by atoms with Crippen LogP contribution in [-0.2, 0) is 0 Å². The smallest absolute Gasteiger partial charge is 0.0608 e. The molecule has 3 atom stereocenters. The van der Waals surface area contributed by atoms with Crippen molar-refractivity contribution in [2.45, 2.75) is 59.0 Å². The second-order valence-corrected chi connectivity index (χ2v) is 4.21. The second kappa shape index (κ2) is 8.25. The highest BCUT2D eigenvalue weighted by Gasteiger charge is 2.23. The van der Waals surface area contributed by atoms with Crippen LogP contribution in [0.25, 0.3) is 0 Å². The van der Waals surface area contributed by atoms with Gasteiger partial charge in [0.25, 0.3) is 0 Å². The first-order chi connectivity index (χ1) is 6.71. The molecule has 0 heterocycles. The summed E-state index contributed by atoms with van der Waals surface area (Å²) in [4.78, 5) is 0. The summed E-state index contributed by atoms with van der Waals surface area (Å²) in [6.45, 7) is 7.07. The van der Waals surface area contributed by atoms with Crippen LogP contribution in [0.2, 0.25) is 0 Å². The van der Waals surface area contributed by atoms with E-state index < -0.39 is 0 Å². The van der Waals surface area contributed by atoms with Gasteiger partial charge in [-0.05, 0) is 31.2 Å². The van der Waals surface area contributed by atoms with Crippen molar-refractivity contribution in [2.24, 2.45) is 17.6 Å². The molecule has 0 aromatic heterocycles. The number of nitrogens with two attached hydrogens (primary N) is 1. The Balaban J connectivity index is 4.06. The summed E-state index contributed by atoms with van der Waals surface area (Å²) in [7, 11) is 0. The first-order valence-corrected chi connectivity index (χ1v) is 6.09. The molecular formula is C12H27NO. The van der Waals surface area contributed by atoms with Gasteiger partial charge in [-0.2, -0.15) is 0 Å². The largest absolute Gasteiger partial charge is 0.393 e. The number of hydrogen-bond donors (Lipinski definition) is 2. The Kier molecular flexibility index (Phi) is 8.20. The molecule has 3 unspecified atom stereocenters. The third-order valence-corrected chi connectivity index (χ3v) is 3.25. The second-order valence-electron chi connectivity index (χ2n) is 4.21. The van der Waals surface area contributed by atoms with E-state index in [0.29, 0.717) is 12.5 Å². The van der Waals surface area contributed by atoms with Gasteiger partial charge >= 0.3 is 0 Å². The molecular weight excluding hydrogens is 174 g/mol. The van der Waals surface area contributed by atoms with Crippen molar-refractivity contribution in [2.75, 3.05) is 6.54 Å². The number of hydrogen-bond acceptors (Lipinski definition) is 2. The molecule has 0 aliphatic rings. The van der Waals surface area contributed by atoms with Gasteiger partial charge in [-0.25, -0.2) is 0 Å². The summed E-state index contributed by atoms with van der Waals surface area (Å²) in [5, 5.41) is 10.1. The number of aliphatic hydroxyl groups excluding tert-OH is 1. The zero-order valence-electron chi connectivity index (χ0n) is 10.00. The van der Waals surface area contributed by atoms with Crippen molar-refractivity contribution in [3.63, 3.8) is 0 Å². The minimum absolute atomic E-state index is 0.193. The third kappa shape index (κ3) is 4.43. The lowest BCUT2D eigenvalue weighted by Gasteiger charge is -2.27. The van der Waals surface area contributed by atoms with Crippen LogP contribution in [0.1, 0.15) is 52.9 Å². The summed E-state index contributed by atoms with van der Waals surface area (Å²) < 4.78 is 0. The van der Waals surface area contributed by atoms with Crippen LogP contribution in [0.4, 0.5) is 0 Å². The van der Waals surface area contributed by atoms with E-state index in [1.54, 1.807) is 0 Å². The highest BCUT2D eigenvalue weighted by Crippen LogP contribution is 2.23. The Hall–Kier alpha value is -0.0800. The van der Waals surface area contributed by atoms with Gasteiger partial charge in [0, 0.05) is 0 Å². The fourth-order valence-electron chi connectivity index (χ4n) is 2.02. The molecule has 0 spiro atoms. The van der Waals surface area contributed by atoms with E-state index >= 15 is 0 Å². The third-order valence-electron chi connectivity index (χ3n) is 3.25. The van der Waals surface area contributed by atoms with Gasteiger partial charge in [-0.1, -0.05) is 40.0 Å². The van der Waals surface area contributed by atoms with E-state index in [1.165, 1.54) is 12.8 Å². The van der Waals surface area contributed by atoms with Crippen LogP contribution in [-0.4, -0.2) is 17.8 Å². The molecule has 0 aliphatic heterocycles. The van der Waals surface area contributed by atoms with Crippen LogP contribution >= 0.6 is 0 Å². The molecule has 14 heavy (non-hydrogen) atoms. The van der Waals surface area contributed by atoms with Crippen LogP contribution < -0.4 is 5.73 Å². The summed E-state index contributed by atoms with van der Waals surface area (Å²) >= 11 is 0. The van der Waals surface area contributed by atoms with E-state index in [9.17, 15) is 5.11 Å². The molecule has 2 heteroatoms. The van der Waals surface area contributed by atoms with Gasteiger partial charge in [-0.15, -0.1) is 0 Å². The molecule has 0 radical (unpaired) electrons. The van der Waals surface area contributed by atoms with E-state index in [1.807, 2.05) is 0 Å². The Morgan fingerprint density at radius 1 is 1.07 bits per heavy atom. The molecule has 2 nitrogen and oxygen atoms in total. The molecule has 86 valence electrons. The van der Waals surface area contributed by atoms with Crippen molar-refractivity contribution in [1.29, 1.82) is 0 Å². The minimum atomic E-state index is -0.193. The summed E-state index contributed by atoms with van der Waals surface area (Å²) in [5.41, 5.74) is 5.65. The van der Waals surface area contributed by atoms with Crippen molar-refractivity contribution >= 4 is 0 Å². The average Bonchev–Trinajstić information content (AvgIpc) is 2.21. The van der Waals surface area contributed by atoms with Gasteiger partial charge in [0.15, 0.2) is 0 Å². The van der Waals surface area contributed by atoms with Gasteiger partial charge in [-0.3, -0.25) is 0 Å². The Labute approximate surface area is 88.9 Å². The standard InChI is InChI=1S/C12H27NO/c1-4-7-8-10(5-2)12(14)11(6-3)9-13/h10-12,14H,4-9,13H2,1-3H3. The molecule has 0 amide bonds. The lowest BCUT2D eigenvalue weighted by atomic mass is 9.84. The number of aliphatic hydroxyl groups is 1. The van der Waals surface area contributed by atoms with Gasteiger partial charge in [0.2, 0.25) is 0 Å². The number of rotatable bonds is 8. The topological polar surface area (TPSA) is 46.2 Å². The molecule has 0 saturated heterocycles. The predicted octanol–water partition coefficient (Wildman–Crippen LogP) is 2.55. The van der Waals surface area contributed by atoms with Gasteiger partial charge in [0.1, 0.15) is 0 Å². The highest BCUT2D eigenvalue weighted by atomic mass is 16.3. The molecule has 0 aliphatic carbocycles. The van der Waals surface area contributed by atoms with Crippen LogP contribution in [0, 0.1) is 11.8 Å². The number of unbranched alkanes of at least 4 members (excludes halogenated alkanes) is 1. The van der Waals surface area contributed by atoms with Crippen molar-refractivity contribution < 1.29 is 5.11 Å². The lowest BCUT2D eigenvalue weighted by Crippen LogP contribution is -2.33. The van der Waals surface area contributed by atoms with Crippen molar-refractivity contribution in [1.82, 2.24) is 0 Å². The molecule has 0 aromatic rings.